The largest absolute Gasteiger partial charge is 0.350 e. The van der Waals surface area contributed by atoms with Gasteiger partial charge in [-0.2, -0.15) is 0 Å². The highest BCUT2D eigenvalue weighted by atomic mass is 16.2. The number of amides is 1. The Hall–Kier alpha value is -0.570. The van der Waals surface area contributed by atoms with E-state index in [1.807, 2.05) is 13.8 Å². The van der Waals surface area contributed by atoms with Crippen molar-refractivity contribution in [3.8, 4) is 0 Å². The van der Waals surface area contributed by atoms with Crippen molar-refractivity contribution in [3.05, 3.63) is 0 Å². The molecule has 0 aromatic heterocycles. The third kappa shape index (κ3) is 3.82. The molecule has 1 amide bonds. The summed E-state index contributed by atoms with van der Waals surface area (Å²) in [5, 5.41) is 3.14. The lowest BCUT2D eigenvalue weighted by Gasteiger charge is -2.33. The zero-order valence-electron chi connectivity index (χ0n) is 10.8. The molecule has 0 saturated heterocycles. The highest BCUT2D eigenvalue weighted by Gasteiger charge is 2.28. The Kier molecular flexibility index (Phi) is 5.88. The van der Waals surface area contributed by atoms with Gasteiger partial charge in [0.1, 0.15) is 0 Å². The van der Waals surface area contributed by atoms with Gasteiger partial charge in [0, 0.05) is 17.5 Å². The van der Waals surface area contributed by atoms with Crippen LogP contribution in [-0.2, 0) is 4.79 Å². The molecule has 0 aromatic rings. The maximum Gasteiger partial charge on any atom is 0.224 e. The van der Waals surface area contributed by atoms with Crippen molar-refractivity contribution in [3.63, 3.8) is 0 Å². The van der Waals surface area contributed by atoms with Crippen molar-refractivity contribution < 1.29 is 4.79 Å². The number of rotatable bonds is 6. The Morgan fingerprint density at radius 1 is 1.20 bits per heavy atom. The maximum atomic E-state index is 11.9. The fourth-order valence-electron chi connectivity index (χ4n) is 1.63. The first-order chi connectivity index (χ1) is 6.92. The predicted octanol–water partition coefficient (Wildman–Crippen LogP) is 2.05. The van der Waals surface area contributed by atoms with Gasteiger partial charge in [0.25, 0.3) is 0 Å². The number of carbonyl (C=O) groups excluding carboxylic acids is 1. The van der Waals surface area contributed by atoms with E-state index in [4.69, 9.17) is 5.73 Å². The van der Waals surface area contributed by atoms with Crippen molar-refractivity contribution in [2.75, 3.05) is 0 Å². The summed E-state index contributed by atoms with van der Waals surface area (Å²) in [5.74, 6) is -0.0374. The second-order valence-corrected chi connectivity index (χ2v) is 4.48. The molecule has 0 rings (SSSR count). The van der Waals surface area contributed by atoms with E-state index in [2.05, 4.69) is 26.1 Å². The maximum absolute atomic E-state index is 11.9. The lowest BCUT2D eigenvalue weighted by molar-refractivity contribution is -0.127. The first-order valence-electron chi connectivity index (χ1n) is 6.00. The molecular formula is C12H26N2O. The molecule has 0 aliphatic rings. The molecule has 3 heteroatoms. The first-order valence-corrected chi connectivity index (χ1v) is 6.00. The summed E-state index contributed by atoms with van der Waals surface area (Å²) in [6.45, 7) is 10.1. The quantitative estimate of drug-likeness (QED) is 0.711. The van der Waals surface area contributed by atoms with E-state index in [0.717, 1.165) is 19.3 Å². The van der Waals surface area contributed by atoms with Gasteiger partial charge in [-0.3, -0.25) is 4.79 Å². The second kappa shape index (κ2) is 6.11. The Labute approximate surface area is 93.8 Å². The molecule has 0 aromatic carbocycles. The molecule has 0 spiro atoms. The van der Waals surface area contributed by atoms with Crippen LogP contribution in [0.4, 0.5) is 0 Å². The van der Waals surface area contributed by atoms with Gasteiger partial charge in [0.15, 0.2) is 0 Å². The van der Waals surface area contributed by atoms with Crippen LogP contribution in [0.3, 0.4) is 0 Å². The fraction of sp³-hybridized carbons (Fsp3) is 0.917. The van der Waals surface area contributed by atoms with E-state index in [0.29, 0.717) is 0 Å². The van der Waals surface area contributed by atoms with Gasteiger partial charge in [-0.25, -0.2) is 0 Å². The van der Waals surface area contributed by atoms with Crippen LogP contribution >= 0.6 is 0 Å². The van der Waals surface area contributed by atoms with Crippen LogP contribution in [0.15, 0.2) is 0 Å². The second-order valence-electron chi connectivity index (χ2n) is 4.48. The third-order valence-corrected chi connectivity index (χ3v) is 3.62. The Morgan fingerprint density at radius 2 is 1.60 bits per heavy atom. The van der Waals surface area contributed by atoms with E-state index in [1.165, 1.54) is 0 Å². The van der Waals surface area contributed by atoms with E-state index >= 15 is 0 Å². The van der Waals surface area contributed by atoms with E-state index < -0.39 is 0 Å². The molecule has 0 fully saturated rings. The van der Waals surface area contributed by atoms with Crippen LogP contribution in [0.2, 0.25) is 0 Å². The minimum atomic E-state index is -0.117. The normalized spacial score (nSPS) is 15.9. The van der Waals surface area contributed by atoms with Gasteiger partial charge < -0.3 is 11.1 Å². The molecule has 0 radical (unpaired) electrons. The van der Waals surface area contributed by atoms with Gasteiger partial charge in [-0.15, -0.1) is 0 Å². The van der Waals surface area contributed by atoms with Crippen LogP contribution in [0.5, 0.6) is 0 Å². The van der Waals surface area contributed by atoms with E-state index in [-0.39, 0.29) is 23.4 Å². The number of carbonyl (C=O) groups is 1. The smallest absolute Gasteiger partial charge is 0.224 e. The van der Waals surface area contributed by atoms with Gasteiger partial charge in [0.2, 0.25) is 5.91 Å². The minimum absolute atomic E-state index is 0.0414. The molecule has 0 aliphatic carbocycles. The van der Waals surface area contributed by atoms with Crippen LogP contribution < -0.4 is 11.1 Å². The van der Waals surface area contributed by atoms with E-state index in [9.17, 15) is 4.79 Å². The average molecular weight is 214 g/mol. The molecular weight excluding hydrogens is 188 g/mol. The third-order valence-electron chi connectivity index (χ3n) is 3.62. The Bertz CT molecular complexity index is 190. The summed E-state index contributed by atoms with van der Waals surface area (Å²) in [5.41, 5.74) is 5.68. The average Bonchev–Trinajstić information content (AvgIpc) is 2.24. The monoisotopic (exact) mass is 214 g/mol. The Morgan fingerprint density at radius 3 is 1.87 bits per heavy atom. The first kappa shape index (κ1) is 14.4. The minimum Gasteiger partial charge on any atom is -0.350 e. The van der Waals surface area contributed by atoms with Crippen LogP contribution in [0.25, 0.3) is 0 Å². The van der Waals surface area contributed by atoms with Crippen molar-refractivity contribution in [1.82, 2.24) is 5.32 Å². The zero-order valence-corrected chi connectivity index (χ0v) is 10.8. The summed E-state index contributed by atoms with van der Waals surface area (Å²) in [6.07, 6.45) is 2.91. The van der Waals surface area contributed by atoms with Crippen molar-refractivity contribution >= 4 is 5.91 Å². The zero-order chi connectivity index (χ0) is 12.1. The number of nitrogens with two attached hydrogens (primary N) is 1. The highest BCUT2D eigenvalue weighted by Crippen LogP contribution is 2.20. The SMILES string of the molecule is CCC(CC)(CC)NC(=O)C(C)C(C)N. The number of hydrogen-bond acceptors (Lipinski definition) is 2. The van der Waals surface area contributed by atoms with Crippen molar-refractivity contribution in [2.24, 2.45) is 11.7 Å². The van der Waals surface area contributed by atoms with Crippen LogP contribution in [0.1, 0.15) is 53.9 Å². The standard InChI is InChI=1S/C12H26N2O/c1-6-12(7-2,8-3)14-11(15)9(4)10(5)13/h9-10H,6-8,13H2,1-5H3,(H,14,15). The molecule has 0 heterocycles. The topological polar surface area (TPSA) is 55.1 Å². The molecule has 3 N–H and O–H groups in total. The van der Waals surface area contributed by atoms with Gasteiger partial charge in [0.05, 0.1) is 0 Å². The van der Waals surface area contributed by atoms with E-state index in [1.54, 1.807) is 0 Å². The van der Waals surface area contributed by atoms with Gasteiger partial charge in [-0.05, 0) is 26.2 Å². The molecule has 2 unspecified atom stereocenters. The Balaban J connectivity index is 4.48. The molecule has 90 valence electrons. The summed E-state index contributed by atoms with van der Waals surface area (Å²) >= 11 is 0. The molecule has 3 nitrogen and oxygen atoms in total. The molecule has 0 aliphatic heterocycles. The molecule has 15 heavy (non-hydrogen) atoms. The molecule has 0 saturated carbocycles. The summed E-state index contributed by atoms with van der Waals surface area (Å²) in [4.78, 5) is 11.9. The summed E-state index contributed by atoms with van der Waals surface area (Å²) < 4.78 is 0. The molecule has 2 atom stereocenters. The lowest BCUT2D eigenvalue weighted by atomic mass is 9.88. The molecule has 0 bridgehead atoms. The van der Waals surface area contributed by atoms with Crippen LogP contribution in [0, 0.1) is 5.92 Å². The summed E-state index contributed by atoms with van der Waals surface area (Å²) in [6, 6.07) is -0.0896. The van der Waals surface area contributed by atoms with Crippen molar-refractivity contribution in [1.29, 1.82) is 0 Å². The predicted molar refractivity (Wildman–Crippen MR) is 64.6 cm³/mol. The number of hydrogen-bond donors (Lipinski definition) is 2. The fourth-order valence-corrected chi connectivity index (χ4v) is 1.63. The summed E-state index contributed by atoms with van der Waals surface area (Å²) in [7, 11) is 0. The van der Waals surface area contributed by atoms with Gasteiger partial charge >= 0.3 is 0 Å². The number of nitrogens with one attached hydrogen (secondary N) is 1. The van der Waals surface area contributed by atoms with Crippen molar-refractivity contribution in [2.45, 2.75) is 65.5 Å². The lowest BCUT2D eigenvalue weighted by Crippen LogP contribution is -2.51. The van der Waals surface area contributed by atoms with Crippen LogP contribution in [-0.4, -0.2) is 17.5 Å². The van der Waals surface area contributed by atoms with Gasteiger partial charge in [-0.1, -0.05) is 27.7 Å². The highest BCUT2D eigenvalue weighted by molar-refractivity contribution is 5.79.